The molecule has 6 rings (SSSR count). The molecule has 0 spiro atoms. The molecule has 0 saturated carbocycles. The number of methoxy groups -OCH3 is 2. The van der Waals surface area contributed by atoms with Crippen LogP contribution >= 0.6 is 0 Å². The van der Waals surface area contributed by atoms with Gasteiger partial charge in [0.05, 0.1) is 19.9 Å². The number of nitrogens with zero attached hydrogens (tertiary/aromatic N) is 1. The third-order valence-corrected chi connectivity index (χ3v) is 7.50. The number of benzene rings is 2. The van der Waals surface area contributed by atoms with Gasteiger partial charge >= 0.3 is 13.6 Å². The second-order valence-corrected chi connectivity index (χ2v) is 9.55. The Kier molecular flexibility index (Phi) is 5.74. The maximum atomic E-state index is 14.7. The van der Waals surface area contributed by atoms with Crippen LogP contribution in [0, 0.1) is 0 Å². The molecule has 0 unspecified atom stereocenters. The number of ether oxygens (including phenoxy) is 2. The van der Waals surface area contributed by atoms with Crippen molar-refractivity contribution < 1.29 is 35.8 Å². The molecule has 0 radical (unpaired) electrons. The third-order valence-electron chi connectivity index (χ3n) is 7.50. The van der Waals surface area contributed by atoms with Crippen molar-refractivity contribution in [3.05, 3.63) is 87.8 Å². The van der Waals surface area contributed by atoms with Gasteiger partial charge in [0, 0.05) is 28.5 Å². The summed E-state index contributed by atoms with van der Waals surface area (Å²) >= 11 is 0. The fourth-order valence-electron chi connectivity index (χ4n) is 5.79. The summed E-state index contributed by atoms with van der Waals surface area (Å²) in [5.41, 5.74) is 3.00. The average Bonchev–Trinajstić information content (AvgIpc) is 3.49. The molecule has 10 heteroatoms. The maximum Gasteiger partial charge on any atom is 0.935 e. The van der Waals surface area contributed by atoms with Crippen molar-refractivity contribution in [1.82, 2.24) is 4.98 Å². The molecule has 1 aromatic heterocycles. The minimum Gasteiger partial charge on any atom is -0.497 e. The molecule has 2 aliphatic carbocycles. The van der Waals surface area contributed by atoms with Crippen LogP contribution in [0.1, 0.15) is 34.4 Å². The third kappa shape index (κ3) is 3.85. The van der Waals surface area contributed by atoms with E-state index in [-0.39, 0.29) is 11.4 Å². The number of aromatic nitrogens is 1. The lowest BCUT2D eigenvalue weighted by Crippen LogP contribution is -2.30. The van der Waals surface area contributed by atoms with Gasteiger partial charge in [0.2, 0.25) is 5.70 Å². The van der Waals surface area contributed by atoms with Crippen LogP contribution in [-0.4, -0.2) is 43.0 Å². The van der Waals surface area contributed by atoms with Crippen molar-refractivity contribution in [2.45, 2.75) is 31.9 Å². The van der Waals surface area contributed by atoms with Gasteiger partial charge < -0.3 is 14.5 Å². The highest BCUT2D eigenvalue weighted by atomic mass is 19.4. The highest BCUT2D eigenvalue weighted by Crippen LogP contribution is 2.44. The van der Waals surface area contributed by atoms with Crippen LogP contribution in [-0.2, 0) is 19.3 Å². The summed E-state index contributed by atoms with van der Waals surface area (Å²) in [5, 5.41) is 0. The van der Waals surface area contributed by atoms with Crippen LogP contribution in [0.5, 0.6) is 11.5 Å². The lowest BCUT2D eigenvalue weighted by Gasteiger charge is -2.17. The Morgan fingerprint density at radius 2 is 1.45 bits per heavy atom. The summed E-state index contributed by atoms with van der Waals surface area (Å²) in [5.74, 6) is 1.24. The van der Waals surface area contributed by atoms with E-state index in [0.29, 0.717) is 58.5 Å². The number of hydrogen-bond acceptors (Lipinski definition) is 2. The van der Waals surface area contributed by atoms with E-state index in [4.69, 9.17) is 9.47 Å². The first-order valence-electron chi connectivity index (χ1n) is 12.2. The van der Waals surface area contributed by atoms with Crippen molar-refractivity contribution in [2.75, 3.05) is 14.2 Å². The summed E-state index contributed by atoms with van der Waals surface area (Å²) in [4.78, 5) is 2.94. The van der Waals surface area contributed by atoms with Gasteiger partial charge in [0.15, 0.2) is 5.71 Å². The topological polar surface area (TPSA) is 37.3 Å². The van der Waals surface area contributed by atoms with E-state index in [2.05, 4.69) is 4.98 Å². The van der Waals surface area contributed by atoms with E-state index in [1.54, 1.807) is 31.4 Å². The van der Waals surface area contributed by atoms with Gasteiger partial charge in [-0.2, -0.15) is 13.2 Å². The normalized spacial score (nSPS) is 17.3. The summed E-state index contributed by atoms with van der Waals surface area (Å²) in [6.07, 6.45) is -1.57. The highest BCUT2D eigenvalue weighted by molar-refractivity contribution is 6.36. The van der Waals surface area contributed by atoms with Gasteiger partial charge in [0.1, 0.15) is 17.1 Å². The molecular formula is C28H23BF5N2O2+. The Bertz CT molecular complexity index is 1570. The zero-order valence-electron chi connectivity index (χ0n) is 20.7. The zero-order chi connectivity index (χ0) is 26.8. The number of allylic oxidation sites excluding steroid dienone is 3. The Morgan fingerprint density at radius 1 is 0.842 bits per heavy atom. The SMILES string of the molecule is COc1ccc2c(c1)CCC1=C/C(=C(/c3cc4c([nH]3)-c3ccc(OC)cc3CC4)C(F)(F)F)[N+](B(F)F)=C12. The highest BCUT2D eigenvalue weighted by Gasteiger charge is 2.52. The van der Waals surface area contributed by atoms with E-state index in [1.165, 1.54) is 19.3 Å². The number of halogens is 5. The fraction of sp³-hybridized carbons (Fsp3) is 0.250. The summed E-state index contributed by atoms with van der Waals surface area (Å²) < 4.78 is 84.3. The van der Waals surface area contributed by atoms with E-state index in [1.807, 2.05) is 12.1 Å². The van der Waals surface area contributed by atoms with Crippen molar-refractivity contribution in [1.29, 1.82) is 0 Å². The Labute approximate surface area is 216 Å². The minimum absolute atomic E-state index is 0.120. The molecule has 4 nitrogen and oxygen atoms in total. The molecule has 0 saturated heterocycles. The molecule has 0 amide bonds. The van der Waals surface area contributed by atoms with Gasteiger partial charge in [-0.15, -0.1) is 0 Å². The van der Waals surface area contributed by atoms with E-state index in [9.17, 15) is 21.8 Å². The summed E-state index contributed by atoms with van der Waals surface area (Å²) in [6, 6.07) is 11.9. The van der Waals surface area contributed by atoms with Gasteiger partial charge in [-0.05, 0) is 84.8 Å². The average molecular weight is 525 g/mol. The van der Waals surface area contributed by atoms with Crippen LogP contribution < -0.4 is 9.47 Å². The number of H-pyrrole nitrogens is 1. The summed E-state index contributed by atoms with van der Waals surface area (Å²) in [7, 11) is -0.109. The Morgan fingerprint density at radius 3 is 2.08 bits per heavy atom. The molecule has 2 aromatic carbocycles. The van der Waals surface area contributed by atoms with Crippen LogP contribution in [0.15, 0.2) is 59.8 Å². The summed E-state index contributed by atoms with van der Waals surface area (Å²) in [6.45, 7) is 0. The number of aryl methyl sites for hydroxylation is 3. The number of hydrogen-bond donors (Lipinski definition) is 1. The van der Waals surface area contributed by atoms with Gasteiger partial charge in [-0.25, -0.2) is 13.1 Å². The van der Waals surface area contributed by atoms with E-state index >= 15 is 0 Å². The fourth-order valence-corrected chi connectivity index (χ4v) is 5.79. The monoisotopic (exact) mass is 525 g/mol. The number of aromatic amines is 1. The number of nitrogens with one attached hydrogen (secondary N) is 1. The largest absolute Gasteiger partial charge is 0.935 e. The lowest BCUT2D eigenvalue weighted by molar-refractivity contribution is -0.342. The van der Waals surface area contributed by atoms with Crippen LogP contribution in [0.2, 0.25) is 0 Å². The van der Waals surface area contributed by atoms with Crippen molar-refractivity contribution in [2.24, 2.45) is 0 Å². The molecule has 2 heterocycles. The molecule has 3 aliphatic rings. The number of fused-ring (bicyclic) bond motifs is 6. The molecule has 194 valence electrons. The first kappa shape index (κ1) is 24.5. The van der Waals surface area contributed by atoms with Gasteiger partial charge in [-0.3, -0.25) is 0 Å². The smallest absolute Gasteiger partial charge is 0.497 e. The maximum absolute atomic E-state index is 14.7. The first-order chi connectivity index (χ1) is 18.2. The standard InChI is InChI=1S/C28H22BF5N2O2/c1-37-19-7-9-21-15(11-19)3-5-17-13-23(35-26(17)21)25(28(30,31)32)24-14-18-6-4-16-12-20(38-2)8-10-22(16)27(18)36(24)29(33)34/h7-14H,3-6H2,1-2H3/p+1. The van der Waals surface area contributed by atoms with Crippen molar-refractivity contribution >= 4 is 18.7 Å². The van der Waals surface area contributed by atoms with E-state index < -0.39 is 24.8 Å². The number of alkyl halides is 3. The molecule has 3 aromatic rings. The van der Waals surface area contributed by atoms with Crippen molar-refractivity contribution in [3.63, 3.8) is 0 Å². The molecule has 0 atom stereocenters. The molecule has 1 N–H and O–H groups in total. The zero-order valence-corrected chi connectivity index (χ0v) is 20.7. The predicted molar refractivity (Wildman–Crippen MR) is 135 cm³/mol. The quantitative estimate of drug-likeness (QED) is 0.317. The molecule has 1 aliphatic heterocycles. The second kappa shape index (κ2) is 8.89. The van der Waals surface area contributed by atoms with Crippen LogP contribution in [0.4, 0.5) is 21.8 Å². The lowest BCUT2D eigenvalue weighted by atomic mass is 9.86. The molecular weight excluding hydrogens is 502 g/mol. The Balaban J connectivity index is 1.56. The van der Waals surface area contributed by atoms with Gasteiger partial charge in [-0.1, -0.05) is 0 Å². The number of rotatable bonds is 4. The molecule has 38 heavy (non-hydrogen) atoms. The van der Waals surface area contributed by atoms with E-state index in [0.717, 1.165) is 22.3 Å². The van der Waals surface area contributed by atoms with Crippen LogP contribution in [0.3, 0.4) is 0 Å². The van der Waals surface area contributed by atoms with Crippen LogP contribution in [0.25, 0.3) is 16.8 Å². The minimum atomic E-state index is -4.88. The predicted octanol–water partition coefficient (Wildman–Crippen LogP) is 6.38. The van der Waals surface area contributed by atoms with Crippen molar-refractivity contribution in [3.8, 4) is 22.8 Å². The second-order valence-electron chi connectivity index (χ2n) is 9.55. The Hall–Kier alpha value is -3.82. The molecule has 0 bridgehead atoms. The molecule has 0 fully saturated rings. The van der Waals surface area contributed by atoms with Gasteiger partial charge in [0.25, 0.3) is 0 Å². The first-order valence-corrected chi connectivity index (χ1v) is 12.2.